The minimum absolute atomic E-state index is 0.0943. The zero-order valence-electron chi connectivity index (χ0n) is 7.96. The summed E-state index contributed by atoms with van der Waals surface area (Å²) in [6, 6.07) is 2.51. The minimum atomic E-state index is -0.615. The fraction of sp³-hybridized carbons (Fsp3) is 0.200. The van der Waals surface area contributed by atoms with Crippen molar-refractivity contribution in [2.75, 3.05) is 12.4 Å². The Morgan fingerprint density at radius 2 is 2.27 bits per heavy atom. The largest absolute Gasteiger partial charge is 0.465 e. The third-order valence-electron chi connectivity index (χ3n) is 2.21. The Labute approximate surface area is 85.0 Å². The number of fused-ring (bicyclic) bond motifs is 1. The number of amides is 1. The van der Waals surface area contributed by atoms with Crippen LogP contribution < -0.4 is 5.32 Å². The van der Waals surface area contributed by atoms with E-state index in [0.717, 1.165) is 6.07 Å². The van der Waals surface area contributed by atoms with Crippen LogP contribution in [0.4, 0.5) is 10.1 Å². The maximum atomic E-state index is 13.4. The maximum absolute atomic E-state index is 13.4. The van der Waals surface area contributed by atoms with E-state index in [1.165, 1.54) is 13.2 Å². The van der Waals surface area contributed by atoms with E-state index < -0.39 is 11.8 Å². The highest BCUT2D eigenvalue weighted by atomic mass is 19.1. The lowest BCUT2D eigenvalue weighted by atomic mass is 10.1. The molecule has 1 heterocycles. The molecule has 1 aliphatic heterocycles. The van der Waals surface area contributed by atoms with Gasteiger partial charge in [0.15, 0.2) is 0 Å². The number of benzene rings is 1. The molecule has 1 aromatic rings. The Hall–Kier alpha value is -1.91. The number of ether oxygens (including phenoxy) is 1. The van der Waals surface area contributed by atoms with Gasteiger partial charge in [-0.2, -0.15) is 0 Å². The normalized spacial score (nSPS) is 13.3. The van der Waals surface area contributed by atoms with Gasteiger partial charge in [-0.15, -0.1) is 0 Å². The number of nitrogens with one attached hydrogen (secondary N) is 1. The van der Waals surface area contributed by atoms with E-state index in [1.54, 1.807) is 0 Å². The molecule has 0 atom stereocenters. The van der Waals surface area contributed by atoms with Crippen molar-refractivity contribution < 1.29 is 18.7 Å². The molecule has 0 unspecified atom stereocenters. The number of anilines is 1. The summed E-state index contributed by atoms with van der Waals surface area (Å²) in [5.74, 6) is -1.50. The Morgan fingerprint density at radius 1 is 1.53 bits per heavy atom. The summed E-state index contributed by atoms with van der Waals surface area (Å²) in [4.78, 5) is 22.2. The van der Waals surface area contributed by atoms with Crippen LogP contribution in [-0.2, 0) is 16.0 Å². The van der Waals surface area contributed by atoms with Crippen LogP contribution in [0.3, 0.4) is 0 Å². The van der Waals surface area contributed by atoms with E-state index in [1.807, 2.05) is 0 Å². The number of methoxy groups -OCH3 is 1. The molecule has 0 bridgehead atoms. The van der Waals surface area contributed by atoms with Crippen molar-refractivity contribution in [2.45, 2.75) is 6.42 Å². The van der Waals surface area contributed by atoms with Gasteiger partial charge in [0.2, 0.25) is 5.91 Å². The summed E-state index contributed by atoms with van der Waals surface area (Å²) in [6.07, 6.45) is 0.0943. The number of carbonyl (C=O) groups is 2. The number of carbonyl (C=O) groups excluding carboxylic acids is 2. The highest BCUT2D eigenvalue weighted by molar-refractivity contribution is 6.01. The van der Waals surface area contributed by atoms with Crippen molar-refractivity contribution in [3.63, 3.8) is 0 Å². The summed E-state index contributed by atoms with van der Waals surface area (Å²) in [5.41, 5.74) is 0.762. The summed E-state index contributed by atoms with van der Waals surface area (Å²) < 4.78 is 17.9. The molecule has 0 saturated carbocycles. The second-order valence-corrected chi connectivity index (χ2v) is 3.21. The van der Waals surface area contributed by atoms with E-state index in [4.69, 9.17) is 0 Å². The summed E-state index contributed by atoms with van der Waals surface area (Å²) in [6.45, 7) is 0. The van der Waals surface area contributed by atoms with Gasteiger partial charge < -0.3 is 10.1 Å². The van der Waals surface area contributed by atoms with Crippen LogP contribution in [0.25, 0.3) is 0 Å². The quantitative estimate of drug-likeness (QED) is 0.705. The van der Waals surface area contributed by atoms with E-state index in [-0.39, 0.29) is 23.6 Å². The van der Waals surface area contributed by atoms with Gasteiger partial charge in [-0.25, -0.2) is 9.18 Å². The molecule has 78 valence electrons. The first-order chi connectivity index (χ1) is 7.11. The molecule has 1 aliphatic rings. The number of hydrogen-bond donors (Lipinski definition) is 1. The first-order valence-corrected chi connectivity index (χ1v) is 4.32. The van der Waals surface area contributed by atoms with Gasteiger partial charge >= 0.3 is 5.97 Å². The first kappa shape index (κ1) is 9.64. The standard InChI is InChI=1S/C10H8FNO3/c1-15-10(14)6-2-5-4-8(13)12-9(5)7(11)3-6/h2-3H,4H2,1H3,(H,12,13). The predicted octanol–water partition coefficient (Wildman–Crippen LogP) is 1.11. The second-order valence-electron chi connectivity index (χ2n) is 3.21. The van der Waals surface area contributed by atoms with Crippen LogP contribution in [0.5, 0.6) is 0 Å². The number of esters is 1. The molecule has 0 radical (unpaired) electrons. The van der Waals surface area contributed by atoms with Gasteiger partial charge in [-0.05, 0) is 17.7 Å². The summed E-state index contributed by atoms with van der Waals surface area (Å²) in [7, 11) is 1.22. The number of halogens is 1. The Balaban J connectivity index is 2.48. The molecule has 1 amide bonds. The molecule has 1 N–H and O–H groups in total. The van der Waals surface area contributed by atoms with Crippen molar-refractivity contribution in [1.29, 1.82) is 0 Å². The van der Waals surface area contributed by atoms with E-state index in [2.05, 4.69) is 10.1 Å². The van der Waals surface area contributed by atoms with Crippen molar-refractivity contribution in [1.82, 2.24) is 0 Å². The third-order valence-corrected chi connectivity index (χ3v) is 2.21. The molecule has 0 fully saturated rings. The third kappa shape index (κ3) is 1.56. The van der Waals surface area contributed by atoms with Crippen LogP contribution in [0.2, 0.25) is 0 Å². The molecular formula is C10H8FNO3. The molecule has 4 nitrogen and oxygen atoms in total. The average Bonchev–Trinajstić information content (AvgIpc) is 2.58. The topological polar surface area (TPSA) is 55.4 Å². The summed E-state index contributed by atoms with van der Waals surface area (Å²) >= 11 is 0. The Morgan fingerprint density at radius 3 is 2.93 bits per heavy atom. The maximum Gasteiger partial charge on any atom is 0.337 e. The molecule has 2 rings (SSSR count). The van der Waals surface area contributed by atoms with Gasteiger partial charge in [0.05, 0.1) is 24.8 Å². The molecule has 0 aliphatic carbocycles. The van der Waals surface area contributed by atoms with Crippen LogP contribution in [-0.4, -0.2) is 19.0 Å². The lowest BCUT2D eigenvalue weighted by Crippen LogP contribution is -2.04. The van der Waals surface area contributed by atoms with E-state index in [9.17, 15) is 14.0 Å². The van der Waals surface area contributed by atoms with Gasteiger partial charge in [0.25, 0.3) is 0 Å². The van der Waals surface area contributed by atoms with E-state index in [0.29, 0.717) is 5.56 Å². The van der Waals surface area contributed by atoms with Gasteiger partial charge in [0.1, 0.15) is 5.82 Å². The first-order valence-electron chi connectivity index (χ1n) is 4.32. The smallest absolute Gasteiger partial charge is 0.337 e. The molecule has 0 saturated heterocycles. The van der Waals surface area contributed by atoms with Crippen molar-refractivity contribution >= 4 is 17.6 Å². The molecule has 5 heteroatoms. The Kier molecular flexibility index (Phi) is 2.15. The Bertz CT molecular complexity index is 456. The second kappa shape index (κ2) is 3.34. The summed E-state index contributed by atoms with van der Waals surface area (Å²) in [5, 5.41) is 2.38. The van der Waals surface area contributed by atoms with Crippen LogP contribution in [0.15, 0.2) is 12.1 Å². The molecule has 0 aromatic heterocycles. The van der Waals surface area contributed by atoms with Crippen molar-refractivity contribution in [3.05, 3.63) is 29.1 Å². The SMILES string of the molecule is COC(=O)c1cc(F)c2c(c1)CC(=O)N2. The van der Waals surface area contributed by atoms with E-state index >= 15 is 0 Å². The van der Waals surface area contributed by atoms with Crippen molar-refractivity contribution in [3.8, 4) is 0 Å². The fourth-order valence-electron chi connectivity index (χ4n) is 1.54. The highest BCUT2D eigenvalue weighted by Crippen LogP contribution is 2.27. The predicted molar refractivity (Wildman–Crippen MR) is 50.1 cm³/mol. The lowest BCUT2D eigenvalue weighted by molar-refractivity contribution is -0.115. The molecule has 1 aromatic carbocycles. The van der Waals surface area contributed by atoms with Gasteiger partial charge in [-0.3, -0.25) is 4.79 Å². The lowest BCUT2D eigenvalue weighted by Gasteiger charge is -2.03. The molecular weight excluding hydrogens is 201 g/mol. The van der Waals surface area contributed by atoms with Crippen molar-refractivity contribution in [2.24, 2.45) is 0 Å². The number of hydrogen-bond acceptors (Lipinski definition) is 3. The van der Waals surface area contributed by atoms with Gasteiger partial charge in [0, 0.05) is 0 Å². The van der Waals surface area contributed by atoms with Crippen LogP contribution in [0, 0.1) is 5.82 Å². The van der Waals surface area contributed by atoms with Gasteiger partial charge in [-0.1, -0.05) is 0 Å². The van der Waals surface area contributed by atoms with Crippen LogP contribution in [0.1, 0.15) is 15.9 Å². The zero-order valence-corrected chi connectivity index (χ0v) is 7.96. The van der Waals surface area contributed by atoms with Crippen LogP contribution >= 0.6 is 0 Å². The fourth-order valence-corrected chi connectivity index (χ4v) is 1.54. The minimum Gasteiger partial charge on any atom is -0.465 e. The number of rotatable bonds is 1. The molecule has 15 heavy (non-hydrogen) atoms. The molecule has 0 spiro atoms. The monoisotopic (exact) mass is 209 g/mol. The highest BCUT2D eigenvalue weighted by Gasteiger charge is 2.23. The average molecular weight is 209 g/mol. The zero-order chi connectivity index (χ0) is 11.0.